The van der Waals surface area contributed by atoms with Gasteiger partial charge in [-0.1, -0.05) is 0 Å². The maximum absolute atomic E-state index is 12.6. The third-order valence-electron chi connectivity index (χ3n) is 1.78. The molecule has 5 nitrogen and oxygen atoms in total. The van der Waals surface area contributed by atoms with Crippen LogP contribution < -0.4 is 4.74 Å². The van der Waals surface area contributed by atoms with E-state index in [-0.39, 0.29) is 17.3 Å². The SMILES string of the molecule is COc1cc(CCl)nc(C(F)F)c1[N+](=O)[O-]. The number of pyridine rings is 1. The van der Waals surface area contributed by atoms with Crippen molar-refractivity contribution in [3.63, 3.8) is 0 Å². The fourth-order valence-electron chi connectivity index (χ4n) is 1.15. The molecule has 0 atom stereocenters. The maximum Gasteiger partial charge on any atom is 0.338 e. The maximum atomic E-state index is 12.6. The lowest BCUT2D eigenvalue weighted by atomic mass is 10.2. The first-order chi connectivity index (χ1) is 7.51. The Morgan fingerprint density at radius 3 is 2.69 bits per heavy atom. The van der Waals surface area contributed by atoms with E-state index in [1.54, 1.807) is 0 Å². The third-order valence-corrected chi connectivity index (χ3v) is 2.06. The Hall–Kier alpha value is -1.50. The van der Waals surface area contributed by atoms with E-state index in [4.69, 9.17) is 11.6 Å². The van der Waals surface area contributed by atoms with Crippen molar-refractivity contribution in [2.24, 2.45) is 0 Å². The Bertz CT molecular complexity index is 415. The summed E-state index contributed by atoms with van der Waals surface area (Å²) in [6.07, 6.45) is -3.06. The van der Waals surface area contributed by atoms with Crippen LogP contribution in [0, 0.1) is 10.1 Å². The topological polar surface area (TPSA) is 65.3 Å². The largest absolute Gasteiger partial charge is 0.490 e. The van der Waals surface area contributed by atoms with Gasteiger partial charge in [-0.05, 0) is 0 Å². The van der Waals surface area contributed by atoms with Crippen molar-refractivity contribution in [2.45, 2.75) is 12.3 Å². The van der Waals surface area contributed by atoms with Gasteiger partial charge >= 0.3 is 5.69 Å². The van der Waals surface area contributed by atoms with Gasteiger partial charge < -0.3 is 4.74 Å². The molecular formula is C8H7ClF2N2O3. The van der Waals surface area contributed by atoms with E-state index in [2.05, 4.69) is 9.72 Å². The molecule has 0 aliphatic carbocycles. The minimum Gasteiger partial charge on any atom is -0.490 e. The van der Waals surface area contributed by atoms with Crippen LogP contribution in [0.4, 0.5) is 14.5 Å². The van der Waals surface area contributed by atoms with Crippen LogP contribution in [-0.4, -0.2) is 17.0 Å². The van der Waals surface area contributed by atoms with Crippen LogP contribution in [0.25, 0.3) is 0 Å². The van der Waals surface area contributed by atoms with Crippen LogP contribution in [0.15, 0.2) is 6.07 Å². The lowest BCUT2D eigenvalue weighted by Crippen LogP contribution is -2.04. The van der Waals surface area contributed by atoms with Crippen molar-refractivity contribution in [1.82, 2.24) is 4.98 Å². The lowest BCUT2D eigenvalue weighted by molar-refractivity contribution is -0.387. The number of hydrogen-bond acceptors (Lipinski definition) is 4. The molecule has 0 bridgehead atoms. The van der Waals surface area contributed by atoms with Crippen molar-refractivity contribution >= 4 is 17.3 Å². The highest BCUT2D eigenvalue weighted by Crippen LogP contribution is 2.35. The number of aromatic nitrogens is 1. The average Bonchev–Trinajstić information content (AvgIpc) is 2.26. The lowest BCUT2D eigenvalue weighted by Gasteiger charge is -2.07. The van der Waals surface area contributed by atoms with E-state index in [0.29, 0.717) is 0 Å². The number of halogens is 3. The summed E-state index contributed by atoms with van der Waals surface area (Å²) in [5.41, 5.74) is -1.66. The Balaban J connectivity index is 3.47. The zero-order chi connectivity index (χ0) is 12.3. The highest BCUT2D eigenvalue weighted by Gasteiger charge is 2.29. The van der Waals surface area contributed by atoms with Crippen molar-refractivity contribution in [3.05, 3.63) is 27.6 Å². The second kappa shape index (κ2) is 5.02. The average molecular weight is 253 g/mol. The summed E-state index contributed by atoms with van der Waals surface area (Å²) < 4.78 is 29.8. The summed E-state index contributed by atoms with van der Waals surface area (Å²) in [5.74, 6) is -0.403. The molecule has 0 saturated heterocycles. The summed E-state index contributed by atoms with van der Waals surface area (Å²) in [5, 5.41) is 10.6. The van der Waals surface area contributed by atoms with Crippen molar-refractivity contribution in [3.8, 4) is 5.75 Å². The van der Waals surface area contributed by atoms with Gasteiger partial charge in [-0.25, -0.2) is 13.8 Å². The number of hydrogen-bond donors (Lipinski definition) is 0. The molecule has 0 amide bonds. The molecule has 0 aliphatic heterocycles. The molecule has 16 heavy (non-hydrogen) atoms. The highest BCUT2D eigenvalue weighted by molar-refractivity contribution is 6.16. The molecule has 0 saturated carbocycles. The summed E-state index contributed by atoms with van der Waals surface area (Å²) >= 11 is 5.43. The van der Waals surface area contributed by atoms with Gasteiger partial charge in [0.05, 0.1) is 23.6 Å². The summed E-state index contributed by atoms with van der Waals surface area (Å²) in [7, 11) is 1.15. The Kier molecular flexibility index (Phi) is 3.94. The number of ether oxygens (including phenoxy) is 1. The molecule has 0 fully saturated rings. The Morgan fingerprint density at radius 1 is 1.69 bits per heavy atom. The standard InChI is InChI=1S/C8H7ClF2N2O3/c1-16-5-2-4(3-9)12-6(8(10)11)7(5)13(14)15/h2,8H,3H2,1H3. The van der Waals surface area contributed by atoms with E-state index in [9.17, 15) is 18.9 Å². The predicted molar refractivity (Wildman–Crippen MR) is 52.0 cm³/mol. The molecule has 0 N–H and O–H groups in total. The quantitative estimate of drug-likeness (QED) is 0.469. The van der Waals surface area contributed by atoms with Gasteiger partial charge in [-0.15, -0.1) is 11.6 Å². The summed E-state index contributed by atoms with van der Waals surface area (Å²) in [6, 6.07) is 1.16. The van der Waals surface area contributed by atoms with Gasteiger partial charge in [0.15, 0.2) is 5.69 Å². The molecule has 1 rings (SSSR count). The first-order valence-electron chi connectivity index (χ1n) is 4.07. The number of rotatable bonds is 4. The molecular weight excluding hydrogens is 246 g/mol. The zero-order valence-electron chi connectivity index (χ0n) is 8.11. The van der Waals surface area contributed by atoms with Gasteiger partial charge in [-0.3, -0.25) is 10.1 Å². The first-order valence-corrected chi connectivity index (χ1v) is 4.61. The molecule has 0 aliphatic rings. The Labute approximate surface area is 94.1 Å². The van der Waals surface area contributed by atoms with Gasteiger partial charge in [0, 0.05) is 6.07 Å². The fourth-order valence-corrected chi connectivity index (χ4v) is 1.28. The van der Waals surface area contributed by atoms with E-state index in [0.717, 1.165) is 13.2 Å². The second-order valence-electron chi connectivity index (χ2n) is 2.74. The molecule has 1 aromatic heterocycles. The van der Waals surface area contributed by atoms with E-state index in [1.165, 1.54) is 0 Å². The smallest absolute Gasteiger partial charge is 0.338 e. The Morgan fingerprint density at radius 2 is 2.31 bits per heavy atom. The minimum atomic E-state index is -3.06. The minimum absolute atomic E-state index is 0.0967. The first kappa shape index (κ1) is 12.6. The fraction of sp³-hybridized carbons (Fsp3) is 0.375. The van der Waals surface area contributed by atoms with Crippen molar-refractivity contribution < 1.29 is 18.4 Å². The molecule has 0 unspecified atom stereocenters. The molecule has 1 heterocycles. The molecule has 1 aromatic rings. The van der Waals surface area contributed by atoms with Crippen LogP contribution in [0.2, 0.25) is 0 Å². The zero-order valence-corrected chi connectivity index (χ0v) is 8.87. The number of nitro groups is 1. The van der Waals surface area contributed by atoms with Crippen LogP contribution in [0.5, 0.6) is 5.75 Å². The third kappa shape index (κ3) is 2.35. The molecule has 0 spiro atoms. The number of alkyl halides is 3. The van der Waals surface area contributed by atoms with Gasteiger partial charge in [0.25, 0.3) is 6.43 Å². The molecule has 0 radical (unpaired) electrons. The summed E-state index contributed by atoms with van der Waals surface area (Å²) in [6.45, 7) is 0. The molecule has 8 heteroatoms. The predicted octanol–water partition coefficient (Wildman–Crippen LogP) is 2.67. The van der Waals surface area contributed by atoms with E-state index in [1.807, 2.05) is 0 Å². The van der Waals surface area contributed by atoms with Crippen LogP contribution in [0.1, 0.15) is 17.8 Å². The van der Waals surface area contributed by atoms with Gasteiger partial charge in [0.1, 0.15) is 0 Å². The normalized spacial score (nSPS) is 10.6. The molecule has 0 aromatic carbocycles. The number of nitrogens with zero attached hydrogens (tertiary/aromatic N) is 2. The van der Waals surface area contributed by atoms with E-state index >= 15 is 0 Å². The summed E-state index contributed by atoms with van der Waals surface area (Å²) in [4.78, 5) is 13.1. The van der Waals surface area contributed by atoms with E-state index < -0.39 is 22.7 Å². The van der Waals surface area contributed by atoms with Crippen LogP contribution in [0.3, 0.4) is 0 Å². The van der Waals surface area contributed by atoms with Gasteiger partial charge in [-0.2, -0.15) is 0 Å². The van der Waals surface area contributed by atoms with Crippen LogP contribution >= 0.6 is 11.6 Å². The van der Waals surface area contributed by atoms with Crippen molar-refractivity contribution in [1.29, 1.82) is 0 Å². The monoisotopic (exact) mass is 252 g/mol. The van der Waals surface area contributed by atoms with Gasteiger partial charge in [0.2, 0.25) is 5.75 Å². The van der Waals surface area contributed by atoms with Crippen molar-refractivity contribution in [2.75, 3.05) is 7.11 Å². The highest BCUT2D eigenvalue weighted by atomic mass is 35.5. The molecule has 88 valence electrons. The van der Waals surface area contributed by atoms with Crippen LogP contribution in [-0.2, 0) is 5.88 Å². The number of methoxy groups -OCH3 is 1. The second-order valence-corrected chi connectivity index (χ2v) is 3.01.